The number of carbonyl (C=O) groups is 1. The molecule has 2 aromatic heterocycles. The highest BCUT2D eigenvalue weighted by Gasteiger charge is 2.19. The Morgan fingerprint density at radius 1 is 1.42 bits per heavy atom. The zero-order valence-corrected chi connectivity index (χ0v) is 14.4. The standard InChI is InChI=1S/C17H18ClN5O/c1-10(15-9-23(3)22-11(15)2)20-17(24)14-8-19-21-16(14)12-5-4-6-13(18)7-12/h4-10H,1-3H3,(H,19,21)(H,20,24)/t10-/m0/s1. The quantitative estimate of drug-likeness (QED) is 0.763. The normalized spacial score (nSPS) is 12.2. The topological polar surface area (TPSA) is 75.6 Å². The lowest BCUT2D eigenvalue weighted by molar-refractivity contribution is 0.0940. The van der Waals surface area contributed by atoms with Gasteiger partial charge in [-0.3, -0.25) is 14.6 Å². The van der Waals surface area contributed by atoms with Gasteiger partial charge in [-0.15, -0.1) is 0 Å². The number of hydrogen-bond acceptors (Lipinski definition) is 3. The van der Waals surface area contributed by atoms with Crippen molar-refractivity contribution in [2.24, 2.45) is 7.05 Å². The number of amides is 1. The molecule has 6 nitrogen and oxygen atoms in total. The van der Waals surface area contributed by atoms with Gasteiger partial charge in [-0.2, -0.15) is 10.2 Å². The minimum atomic E-state index is -0.200. The third kappa shape index (κ3) is 3.19. The van der Waals surface area contributed by atoms with Crippen LogP contribution in [0.15, 0.2) is 36.7 Å². The highest BCUT2D eigenvalue weighted by molar-refractivity contribution is 6.30. The van der Waals surface area contributed by atoms with Crippen molar-refractivity contribution in [3.8, 4) is 11.3 Å². The van der Waals surface area contributed by atoms with Gasteiger partial charge in [0.15, 0.2) is 0 Å². The summed E-state index contributed by atoms with van der Waals surface area (Å²) in [5, 5.41) is 14.8. The van der Waals surface area contributed by atoms with E-state index in [0.29, 0.717) is 16.3 Å². The van der Waals surface area contributed by atoms with Crippen molar-refractivity contribution < 1.29 is 4.79 Å². The van der Waals surface area contributed by atoms with Crippen LogP contribution in [0.3, 0.4) is 0 Å². The number of aryl methyl sites for hydroxylation is 2. The van der Waals surface area contributed by atoms with Gasteiger partial charge < -0.3 is 5.32 Å². The van der Waals surface area contributed by atoms with Crippen molar-refractivity contribution in [3.63, 3.8) is 0 Å². The number of carbonyl (C=O) groups excluding carboxylic acids is 1. The number of aromatic amines is 1. The molecule has 2 heterocycles. The molecule has 0 aliphatic heterocycles. The van der Waals surface area contributed by atoms with Crippen LogP contribution in [0.2, 0.25) is 5.02 Å². The highest BCUT2D eigenvalue weighted by atomic mass is 35.5. The molecule has 0 saturated carbocycles. The number of hydrogen-bond donors (Lipinski definition) is 2. The zero-order chi connectivity index (χ0) is 17.3. The van der Waals surface area contributed by atoms with Crippen molar-refractivity contribution in [2.75, 3.05) is 0 Å². The molecule has 3 aromatic rings. The molecule has 2 N–H and O–H groups in total. The third-order valence-corrected chi connectivity index (χ3v) is 4.10. The highest BCUT2D eigenvalue weighted by Crippen LogP contribution is 2.25. The maximum Gasteiger partial charge on any atom is 0.255 e. The van der Waals surface area contributed by atoms with Gasteiger partial charge in [-0.25, -0.2) is 0 Å². The summed E-state index contributed by atoms with van der Waals surface area (Å²) in [5.74, 6) is -0.200. The van der Waals surface area contributed by atoms with Gasteiger partial charge in [0, 0.05) is 29.4 Å². The summed E-state index contributed by atoms with van der Waals surface area (Å²) in [6.45, 7) is 3.86. The molecule has 1 amide bonds. The van der Waals surface area contributed by atoms with Gasteiger partial charge in [0.25, 0.3) is 5.91 Å². The first-order valence-electron chi connectivity index (χ1n) is 7.56. The second kappa shape index (κ2) is 6.49. The van der Waals surface area contributed by atoms with Crippen LogP contribution < -0.4 is 5.32 Å². The number of aromatic nitrogens is 4. The summed E-state index contributed by atoms with van der Waals surface area (Å²) >= 11 is 6.03. The average Bonchev–Trinajstić information content (AvgIpc) is 3.13. The van der Waals surface area contributed by atoms with Crippen LogP contribution in [0.1, 0.15) is 34.6 Å². The van der Waals surface area contributed by atoms with Gasteiger partial charge in [-0.1, -0.05) is 23.7 Å². The number of benzene rings is 1. The van der Waals surface area contributed by atoms with E-state index in [-0.39, 0.29) is 11.9 Å². The van der Waals surface area contributed by atoms with Gasteiger partial charge in [0.2, 0.25) is 0 Å². The van der Waals surface area contributed by atoms with Crippen LogP contribution in [0.25, 0.3) is 11.3 Å². The molecule has 24 heavy (non-hydrogen) atoms. The summed E-state index contributed by atoms with van der Waals surface area (Å²) in [6.07, 6.45) is 3.43. The molecule has 0 fully saturated rings. The number of H-pyrrole nitrogens is 1. The molecule has 7 heteroatoms. The third-order valence-electron chi connectivity index (χ3n) is 3.86. The number of rotatable bonds is 4. The zero-order valence-electron chi connectivity index (χ0n) is 13.7. The molecule has 0 unspecified atom stereocenters. The maximum atomic E-state index is 12.7. The molecule has 1 atom stereocenters. The Hall–Kier alpha value is -2.60. The summed E-state index contributed by atoms with van der Waals surface area (Å²) in [4.78, 5) is 12.7. The van der Waals surface area contributed by atoms with E-state index in [9.17, 15) is 4.79 Å². The Labute approximate surface area is 144 Å². The van der Waals surface area contributed by atoms with Crippen molar-refractivity contribution >= 4 is 17.5 Å². The predicted molar refractivity (Wildman–Crippen MR) is 92.9 cm³/mol. The Morgan fingerprint density at radius 2 is 2.21 bits per heavy atom. The Bertz CT molecular complexity index is 883. The van der Waals surface area contributed by atoms with Crippen molar-refractivity contribution in [1.29, 1.82) is 0 Å². The summed E-state index contributed by atoms with van der Waals surface area (Å²) in [7, 11) is 1.86. The lowest BCUT2D eigenvalue weighted by Gasteiger charge is -2.13. The Morgan fingerprint density at radius 3 is 2.88 bits per heavy atom. The molecule has 124 valence electrons. The maximum absolute atomic E-state index is 12.7. The van der Waals surface area contributed by atoms with E-state index in [2.05, 4.69) is 20.6 Å². The van der Waals surface area contributed by atoms with Crippen LogP contribution in [-0.2, 0) is 7.05 Å². The van der Waals surface area contributed by atoms with Gasteiger partial charge in [0.05, 0.1) is 29.2 Å². The van der Waals surface area contributed by atoms with Gasteiger partial charge in [0.1, 0.15) is 0 Å². The molecule has 0 bridgehead atoms. The molecular formula is C17H18ClN5O. The van der Waals surface area contributed by atoms with Crippen molar-refractivity contribution in [3.05, 3.63) is 58.5 Å². The fourth-order valence-electron chi connectivity index (χ4n) is 2.72. The molecule has 0 aliphatic rings. The molecule has 0 spiro atoms. The van der Waals surface area contributed by atoms with Crippen LogP contribution in [0, 0.1) is 6.92 Å². The van der Waals surface area contributed by atoms with Crippen LogP contribution in [0.4, 0.5) is 0 Å². The number of nitrogens with one attached hydrogen (secondary N) is 2. The van der Waals surface area contributed by atoms with Gasteiger partial charge in [-0.05, 0) is 26.0 Å². The Balaban J connectivity index is 1.84. The van der Waals surface area contributed by atoms with E-state index in [1.807, 2.05) is 39.2 Å². The van der Waals surface area contributed by atoms with E-state index in [1.54, 1.807) is 16.8 Å². The average molecular weight is 344 g/mol. The molecule has 3 rings (SSSR count). The fourth-order valence-corrected chi connectivity index (χ4v) is 2.91. The van der Waals surface area contributed by atoms with Crippen molar-refractivity contribution in [1.82, 2.24) is 25.3 Å². The molecule has 0 radical (unpaired) electrons. The van der Waals surface area contributed by atoms with E-state index in [0.717, 1.165) is 16.8 Å². The largest absolute Gasteiger partial charge is 0.345 e. The first kappa shape index (κ1) is 16.3. The molecule has 0 saturated heterocycles. The monoisotopic (exact) mass is 343 g/mol. The minimum Gasteiger partial charge on any atom is -0.345 e. The number of halogens is 1. The lowest BCUT2D eigenvalue weighted by atomic mass is 10.1. The Kier molecular flexibility index (Phi) is 4.40. The fraction of sp³-hybridized carbons (Fsp3) is 0.235. The molecule has 0 aliphatic carbocycles. The van der Waals surface area contributed by atoms with Gasteiger partial charge >= 0.3 is 0 Å². The summed E-state index contributed by atoms with van der Waals surface area (Å²) in [5.41, 5.74) is 3.82. The summed E-state index contributed by atoms with van der Waals surface area (Å²) < 4.78 is 1.74. The van der Waals surface area contributed by atoms with E-state index in [4.69, 9.17) is 11.6 Å². The first-order chi connectivity index (χ1) is 11.5. The van der Waals surface area contributed by atoms with Crippen LogP contribution >= 0.6 is 11.6 Å². The first-order valence-corrected chi connectivity index (χ1v) is 7.94. The number of nitrogens with zero attached hydrogens (tertiary/aromatic N) is 3. The van der Waals surface area contributed by atoms with Crippen LogP contribution in [0.5, 0.6) is 0 Å². The second-order valence-electron chi connectivity index (χ2n) is 5.71. The second-order valence-corrected chi connectivity index (χ2v) is 6.14. The smallest absolute Gasteiger partial charge is 0.255 e. The summed E-state index contributed by atoms with van der Waals surface area (Å²) in [6, 6.07) is 7.13. The molecule has 1 aromatic carbocycles. The van der Waals surface area contributed by atoms with E-state index < -0.39 is 0 Å². The van der Waals surface area contributed by atoms with Crippen LogP contribution in [-0.4, -0.2) is 25.9 Å². The SMILES string of the molecule is Cc1nn(C)cc1[C@H](C)NC(=O)c1cn[nH]c1-c1cccc(Cl)c1. The molecular weight excluding hydrogens is 326 g/mol. The minimum absolute atomic E-state index is 0.159. The van der Waals surface area contributed by atoms with E-state index in [1.165, 1.54) is 6.20 Å². The van der Waals surface area contributed by atoms with E-state index >= 15 is 0 Å². The lowest BCUT2D eigenvalue weighted by Crippen LogP contribution is -2.27. The predicted octanol–water partition coefficient (Wildman–Crippen LogP) is 3.26. The van der Waals surface area contributed by atoms with Crippen molar-refractivity contribution in [2.45, 2.75) is 19.9 Å².